The zero-order valence-corrected chi connectivity index (χ0v) is 11.3. The number of hydrogen-bond acceptors (Lipinski definition) is 3. The van der Waals surface area contributed by atoms with E-state index in [1.807, 2.05) is 18.2 Å². The SMILES string of the molecule is Cl.Cl.NC1(CO)CCN(Cc2ccccc2)C1. The number of likely N-dealkylation sites (tertiary alicyclic amines) is 1. The standard InChI is InChI=1S/C12H18N2O.2ClH/c13-12(10-15)6-7-14(9-12)8-11-4-2-1-3-5-11;;/h1-5,15H,6-10,13H2;2*1H. The van der Waals surface area contributed by atoms with Crippen molar-refractivity contribution < 1.29 is 5.11 Å². The Bertz CT molecular complexity index is 324. The third kappa shape index (κ3) is 4.45. The highest BCUT2D eigenvalue weighted by Crippen LogP contribution is 2.19. The van der Waals surface area contributed by atoms with E-state index in [4.69, 9.17) is 10.8 Å². The third-order valence-electron chi connectivity index (χ3n) is 3.03. The Morgan fingerprint density at radius 1 is 1.24 bits per heavy atom. The molecule has 0 aliphatic carbocycles. The van der Waals surface area contributed by atoms with Crippen LogP contribution in [0.5, 0.6) is 0 Å². The monoisotopic (exact) mass is 278 g/mol. The van der Waals surface area contributed by atoms with Crippen LogP contribution in [-0.2, 0) is 6.54 Å². The van der Waals surface area contributed by atoms with Gasteiger partial charge in [-0.3, -0.25) is 4.90 Å². The van der Waals surface area contributed by atoms with E-state index >= 15 is 0 Å². The molecule has 2 rings (SSSR count). The van der Waals surface area contributed by atoms with Gasteiger partial charge in [-0.25, -0.2) is 0 Å². The van der Waals surface area contributed by atoms with Gasteiger partial charge in [-0.2, -0.15) is 0 Å². The molecule has 0 saturated carbocycles. The lowest BCUT2D eigenvalue weighted by molar-refractivity contribution is 0.192. The first-order valence-corrected chi connectivity index (χ1v) is 5.38. The lowest BCUT2D eigenvalue weighted by atomic mass is 10.0. The van der Waals surface area contributed by atoms with E-state index in [0.717, 1.165) is 26.1 Å². The first kappa shape index (κ1) is 16.7. The average molecular weight is 279 g/mol. The second kappa shape index (κ2) is 7.19. The summed E-state index contributed by atoms with van der Waals surface area (Å²) in [5.74, 6) is 0. The van der Waals surface area contributed by atoms with E-state index in [1.54, 1.807) is 0 Å². The van der Waals surface area contributed by atoms with Gasteiger partial charge in [0.05, 0.1) is 12.1 Å². The van der Waals surface area contributed by atoms with E-state index in [9.17, 15) is 0 Å². The van der Waals surface area contributed by atoms with Crippen molar-refractivity contribution in [2.45, 2.75) is 18.5 Å². The third-order valence-corrected chi connectivity index (χ3v) is 3.03. The van der Waals surface area contributed by atoms with Crippen LogP contribution in [0.1, 0.15) is 12.0 Å². The molecular formula is C12H20Cl2N2O. The highest BCUT2D eigenvalue weighted by atomic mass is 35.5. The van der Waals surface area contributed by atoms with Crippen LogP contribution in [0.2, 0.25) is 0 Å². The van der Waals surface area contributed by atoms with Crippen molar-refractivity contribution in [3.63, 3.8) is 0 Å². The van der Waals surface area contributed by atoms with Crippen molar-refractivity contribution in [1.29, 1.82) is 0 Å². The van der Waals surface area contributed by atoms with E-state index in [-0.39, 0.29) is 37.0 Å². The first-order chi connectivity index (χ1) is 7.22. The van der Waals surface area contributed by atoms with Gasteiger partial charge in [0.2, 0.25) is 0 Å². The number of benzene rings is 1. The Hall–Kier alpha value is -0.320. The van der Waals surface area contributed by atoms with Crippen molar-refractivity contribution in [1.82, 2.24) is 4.90 Å². The minimum absolute atomic E-state index is 0. The molecule has 1 aliphatic rings. The molecule has 1 fully saturated rings. The summed E-state index contributed by atoms with van der Waals surface area (Å²) in [6.07, 6.45) is 0.885. The zero-order chi connectivity index (χ0) is 10.7. The van der Waals surface area contributed by atoms with Crippen molar-refractivity contribution in [2.24, 2.45) is 5.73 Å². The van der Waals surface area contributed by atoms with Gasteiger partial charge in [-0.05, 0) is 12.0 Å². The van der Waals surface area contributed by atoms with Crippen LogP contribution in [0.3, 0.4) is 0 Å². The fourth-order valence-corrected chi connectivity index (χ4v) is 2.09. The Kier molecular flexibility index (Phi) is 7.05. The smallest absolute Gasteiger partial charge is 0.0624 e. The Morgan fingerprint density at radius 2 is 1.88 bits per heavy atom. The summed E-state index contributed by atoms with van der Waals surface area (Å²) in [6, 6.07) is 10.4. The van der Waals surface area contributed by atoms with E-state index < -0.39 is 0 Å². The molecule has 1 aliphatic heterocycles. The molecule has 0 aromatic heterocycles. The number of nitrogens with zero attached hydrogens (tertiary/aromatic N) is 1. The van der Waals surface area contributed by atoms with Gasteiger partial charge in [0.15, 0.2) is 0 Å². The molecular weight excluding hydrogens is 259 g/mol. The molecule has 98 valence electrons. The molecule has 0 radical (unpaired) electrons. The van der Waals surface area contributed by atoms with E-state index in [0.29, 0.717) is 0 Å². The predicted molar refractivity (Wildman–Crippen MR) is 74.8 cm³/mol. The van der Waals surface area contributed by atoms with Gasteiger partial charge < -0.3 is 10.8 Å². The molecule has 0 bridgehead atoms. The summed E-state index contributed by atoms with van der Waals surface area (Å²) in [5.41, 5.74) is 6.94. The van der Waals surface area contributed by atoms with Crippen LogP contribution < -0.4 is 5.73 Å². The summed E-state index contributed by atoms with van der Waals surface area (Å²) < 4.78 is 0. The average Bonchev–Trinajstić information content (AvgIpc) is 2.63. The lowest BCUT2D eigenvalue weighted by Crippen LogP contribution is -2.45. The van der Waals surface area contributed by atoms with Crippen molar-refractivity contribution in [2.75, 3.05) is 19.7 Å². The summed E-state index contributed by atoms with van der Waals surface area (Å²) in [5, 5.41) is 9.16. The van der Waals surface area contributed by atoms with Gasteiger partial charge in [0, 0.05) is 19.6 Å². The normalized spacial score (nSPS) is 23.9. The van der Waals surface area contributed by atoms with Crippen molar-refractivity contribution in [3.8, 4) is 0 Å². The number of hydrogen-bond donors (Lipinski definition) is 2. The topological polar surface area (TPSA) is 49.5 Å². The minimum Gasteiger partial charge on any atom is -0.394 e. The Morgan fingerprint density at radius 3 is 2.41 bits per heavy atom. The lowest BCUT2D eigenvalue weighted by Gasteiger charge is -2.21. The summed E-state index contributed by atoms with van der Waals surface area (Å²) in [7, 11) is 0. The van der Waals surface area contributed by atoms with Crippen LogP contribution in [0.4, 0.5) is 0 Å². The highest BCUT2D eigenvalue weighted by Gasteiger charge is 2.33. The van der Waals surface area contributed by atoms with Crippen LogP contribution in [0, 0.1) is 0 Å². The predicted octanol–water partition coefficient (Wildman–Crippen LogP) is 1.43. The fraction of sp³-hybridized carbons (Fsp3) is 0.500. The minimum atomic E-state index is -0.380. The number of aliphatic hydroxyl groups excluding tert-OH is 1. The molecule has 0 spiro atoms. The van der Waals surface area contributed by atoms with Crippen LogP contribution >= 0.6 is 24.8 Å². The van der Waals surface area contributed by atoms with Gasteiger partial charge >= 0.3 is 0 Å². The quantitative estimate of drug-likeness (QED) is 0.880. The van der Waals surface area contributed by atoms with Crippen LogP contribution in [0.15, 0.2) is 30.3 Å². The number of rotatable bonds is 3. The molecule has 1 unspecified atom stereocenters. The summed E-state index contributed by atoms with van der Waals surface area (Å²) >= 11 is 0. The maximum absolute atomic E-state index is 9.16. The Labute approximate surface area is 115 Å². The van der Waals surface area contributed by atoms with Gasteiger partial charge in [-0.15, -0.1) is 24.8 Å². The molecule has 1 aromatic rings. The molecule has 3 N–H and O–H groups in total. The molecule has 1 atom stereocenters. The second-order valence-electron chi connectivity index (χ2n) is 4.47. The number of nitrogens with two attached hydrogens (primary N) is 1. The largest absolute Gasteiger partial charge is 0.394 e. The van der Waals surface area contributed by atoms with E-state index in [1.165, 1.54) is 5.56 Å². The number of aliphatic hydroxyl groups is 1. The fourth-order valence-electron chi connectivity index (χ4n) is 2.09. The number of halogens is 2. The van der Waals surface area contributed by atoms with Crippen molar-refractivity contribution >= 4 is 24.8 Å². The molecule has 5 heteroatoms. The molecule has 3 nitrogen and oxygen atoms in total. The maximum Gasteiger partial charge on any atom is 0.0624 e. The zero-order valence-electron chi connectivity index (χ0n) is 9.71. The van der Waals surface area contributed by atoms with Gasteiger partial charge in [0.25, 0.3) is 0 Å². The molecule has 1 heterocycles. The summed E-state index contributed by atoms with van der Waals surface area (Å²) in [6.45, 7) is 2.78. The van der Waals surface area contributed by atoms with Crippen molar-refractivity contribution in [3.05, 3.63) is 35.9 Å². The second-order valence-corrected chi connectivity index (χ2v) is 4.47. The molecule has 1 aromatic carbocycles. The van der Waals surface area contributed by atoms with Gasteiger partial charge in [-0.1, -0.05) is 30.3 Å². The maximum atomic E-state index is 9.16. The highest BCUT2D eigenvalue weighted by molar-refractivity contribution is 5.85. The van der Waals surface area contributed by atoms with E-state index in [2.05, 4.69) is 17.0 Å². The summed E-state index contributed by atoms with van der Waals surface area (Å²) in [4.78, 5) is 2.30. The molecule has 1 saturated heterocycles. The molecule has 17 heavy (non-hydrogen) atoms. The Balaban J connectivity index is 0.00000128. The van der Waals surface area contributed by atoms with Gasteiger partial charge in [0.1, 0.15) is 0 Å². The van der Waals surface area contributed by atoms with Crippen LogP contribution in [0.25, 0.3) is 0 Å². The van der Waals surface area contributed by atoms with Crippen LogP contribution in [-0.4, -0.2) is 35.2 Å². The first-order valence-electron chi connectivity index (χ1n) is 5.38. The molecule has 0 amide bonds.